The summed E-state index contributed by atoms with van der Waals surface area (Å²) in [4.78, 5) is 12.3. The summed E-state index contributed by atoms with van der Waals surface area (Å²) in [5.74, 6) is -0.364. The average Bonchev–Trinajstić information content (AvgIpc) is 2.38. The van der Waals surface area contributed by atoms with E-state index in [2.05, 4.69) is 0 Å². The van der Waals surface area contributed by atoms with Crippen molar-refractivity contribution in [2.24, 2.45) is 0 Å². The van der Waals surface area contributed by atoms with E-state index in [1.165, 1.54) is 7.11 Å². The zero-order chi connectivity index (χ0) is 14.8. The van der Waals surface area contributed by atoms with Crippen LogP contribution in [-0.4, -0.2) is 18.7 Å². The maximum absolute atomic E-state index is 12.3. The second-order valence-electron chi connectivity index (χ2n) is 5.72. The Labute approximate surface area is 119 Å². The first-order valence-corrected chi connectivity index (χ1v) is 6.66. The van der Waals surface area contributed by atoms with Crippen molar-refractivity contribution >= 4 is 16.7 Å². The van der Waals surface area contributed by atoms with Gasteiger partial charge in [-0.2, -0.15) is 0 Å². The van der Waals surface area contributed by atoms with Crippen molar-refractivity contribution in [2.75, 3.05) is 7.11 Å². The summed E-state index contributed by atoms with van der Waals surface area (Å²) in [5, 5.41) is 2.09. The Morgan fingerprint density at radius 2 is 1.70 bits per heavy atom. The van der Waals surface area contributed by atoms with Gasteiger partial charge in [-0.25, -0.2) is 4.79 Å². The highest BCUT2D eigenvalue weighted by molar-refractivity contribution is 5.90. The maximum atomic E-state index is 12.3. The van der Waals surface area contributed by atoms with Crippen molar-refractivity contribution in [3.05, 3.63) is 48.0 Å². The molecule has 20 heavy (non-hydrogen) atoms. The molecule has 0 bridgehead atoms. The van der Waals surface area contributed by atoms with Crippen LogP contribution in [-0.2, 0) is 14.3 Å². The summed E-state index contributed by atoms with van der Waals surface area (Å²) in [6.07, 6.45) is -0.708. The Morgan fingerprint density at radius 1 is 1.05 bits per heavy atom. The summed E-state index contributed by atoms with van der Waals surface area (Å²) in [6.45, 7) is 5.54. The quantitative estimate of drug-likeness (QED) is 0.796. The molecule has 0 N–H and O–H groups in total. The van der Waals surface area contributed by atoms with E-state index < -0.39 is 11.7 Å². The molecule has 3 heteroatoms. The molecule has 0 fully saturated rings. The summed E-state index contributed by atoms with van der Waals surface area (Å²) in [6, 6.07) is 13.8. The minimum atomic E-state index is -0.708. The molecule has 0 aliphatic heterocycles. The number of rotatable bonds is 3. The lowest BCUT2D eigenvalue weighted by Gasteiger charge is -2.24. The first-order valence-electron chi connectivity index (χ1n) is 6.66. The zero-order valence-electron chi connectivity index (χ0n) is 12.3. The Kier molecular flexibility index (Phi) is 4.09. The fraction of sp³-hybridized carbons (Fsp3) is 0.353. The first kappa shape index (κ1) is 14.5. The van der Waals surface area contributed by atoms with E-state index in [1.54, 1.807) is 0 Å². The van der Waals surface area contributed by atoms with Gasteiger partial charge in [-0.15, -0.1) is 0 Å². The van der Waals surface area contributed by atoms with Gasteiger partial charge in [0.15, 0.2) is 6.10 Å². The predicted molar refractivity (Wildman–Crippen MR) is 79.5 cm³/mol. The van der Waals surface area contributed by atoms with Crippen LogP contribution in [0.4, 0.5) is 0 Å². The third-order valence-electron chi connectivity index (χ3n) is 2.96. The van der Waals surface area contributed by atoms with E-state index in [4.69, 9.17) is 9.47 Å². The molecule has 0 saturated heterocycles. The summed E-state index contributed by atoms with van der Waals surface area (Å²) < 4.78 is 10.8. The normalized spacial score (nSPS) is 13.2. The molecule has 0 aliphatic carbocycles. The highest BCUT2D eigenvalue weighted by atomic mass is 16.6. The molecule has 0 heterocycles. The van der Waals surface area contributed by atoms with Crippen molar-refractivity contribution in [2.45, 2.75) is 32.5 Å². The van der Waals surface area contributed by atoms with E-state index in [0.29, 0.717) is 0 Å². The third-order valence-corrected chi connectivity index (χ3v) is 2.96. The van der Waals surface area contributed by atoms with E-state index >= 15 is 0 Å². The second kappa shape index (κ2) is 5.63. The van der Waals surface area contributed by atoms with Crippen molar-refractivity contribution < 1.29 is 14.3 Å². The number of carbonyl (C=O) groups excluding carboxylic acids is 1. The summed E-state index contributed by atoms with van der Waals surface area (Å²) >= 11 is 0. The van der Waals surface area contributed by atoms with Gasteiger partial charge in [0, 0.05) is 7.11 Å². The van der Waals surface area contributed by atoms with Gasteiger partial charge >= 0.3 is 5.97 Å². The molecule has 0 spiro atoms. The lowest BCUT2D eigenvalue weighted by molar-refractivity contribution is -0.167. The number of hydrogen-bond donors (Lipinski definition) is 0. The summed E-state index contributed by atoms with van der Waals surface area (Å²) in [5.41, 5.74) is 0.304. The zero-order valence-corrected chi connectivity index (χ0v) is 12.3. The van der Waals surface area contributed by atoms with Crippen LogP contribution in [0.25, 0.3) is 10.8 Å². The monoisotopic (exact) mass is 272 g/mol. The fourth-order valence-electron chi connectivity index (χ4n) is 2.18. The van der Waals surface area contributed by atoms with Crippen molar-refractivity contribution in [3.8, 4) is 0 Å². The molecule has 0 aromatic heterocycles. The minimum Gasteiger partial charge on any atom is -0.458 e. The minimum absolute atomic E-state index is 0.364. The number of benzene rings is 2. The van der Waals surface area contributed by atoms with Gasteiger partial charge < -0.3 is 9.47 Å². The molecule has 2 aromatic rings. The standard InChI is InChI=1S/C17H20O3/c1-17(2,3)20-16(18)15(19-4)14-11-7-9-12-8-5-6-10-13(12)14/h5-11,15H,1-4H3. The van der Waals surface area contributed by atoms with E-state index in [0.717, 1.165) is 16.3 Å². The maximum Gasteiger partial charge on any atom is 0.340 e. The van der Waals surface area contributed by atoms with E-state index in [9.17, 15) is 4.79 Å². The lowest BCUT2D eigenvalue weighted by atomic mass is 10.00. The van der Waals surface area contributed by atoms with Crippen LogP contribution >= 0.6 is 0 Å². The molecule has 106 valence electrons. The highest BCUT2D eigenvalue weighted by Gasteiger charge is 2.27. The third kappa shape index (κ3) is 3.17. The largest absolute Gasteiger partial charge is 0.458 e. The smallest absolute Gasteiger partial charge is 0.340 e. The average molecular weight is 272 g/mol. The van der Waals surface area contributed by atoms with Crippen molar-refractivity contribution in [1.29, 1.82) is 0 Å². The van der Waals surface area contributed by atoms with Crippen LogP contribution in [0.15, 0.2) is 42.5 Å². The van der Waals surface area contributed by atoms with E-state index in [-0.39, 0.29) is 5.97 Å². The molecule has 0 saturated carbocycles. The molecular weight excluding hydrogens is 252 g/mol. The number of methoxy groups -OCH3 is 1. The number of ether oxygens (including phenoxy) is 2. The number of esters is 1. The van der Waals surface area contributed by atoms with Crippen LogP contribution < -0.4 is 0 Å². The molecule has 1 unspecified atom stereocenters. The molecule has 0 aliphatic rings. The van der Waals surface area contributed by atoms with Crippen LogP contribution in [0.3, 0.4) is 0 Å². The predicted octanol–water partition coefficient (Wildman–Crippen LogP) is 3.87. The van der Waals surface area contributed by atoms with Crippen molar-refractivity contribution in [3.63, 3.8) is 0 Å². The fourth-order valence-corrected chi connectivity index (χ4v) is 2.18. The molecule has 0 amide bonds. The van der Waals surface area contributed by atoms with Gasteiger partial charge in [-0.3, -0.25) is 0 Å². The van der Waals surface area contributed by atoms with Crippen molar-refractivity contribution in [1.82, 2.24) is 0 Å². The molecule has 3 nitrogen and oxygen atoms in total. The Bertz CT molecular complexity index is 606. The molecular formula is C17H20O3. The second-order valence-corrected chi connectivity index (χ2v) is 5.72. The van der Waals surface area contributed by atoms with Crippen LogP contribution in [0.2, 0.25) is 0 Å². The number of carbonyl (C=O) groups is 1. The molecule has 2 aromatic carbocycles. The van der Waals surface area contributed by atoms with E-state index in [1.807, 2.05) is 63.2 Å². The lowest BCUT2D eigenvalue weighted by Crippen LogP contribution is -2.28. The van der Waals surface area contributed by atoms with Crippen LogP contribution in [0, 0.1) is 0 Å². The number of hydrogen-bond acceptors (Lipinski definition) is 3. The number of fused-ring (bicyclic) bond motifs is 1. The summed E-state index contributed by atoms with van der Waals surface area (Å²) in [7, 11) is 1.52. The van der Waals surface area contributed by atoms with Gasteiger partial charge in [0.1, 0.15) is 5.60 Å². The Hall–Kier alpha value is -1.87. The molecule has 1 atom stereocenters. The first-order chi connectivity index (χ1) is 9.42. The molecule has 0 radical (unpaired) electrons. The topological polar surface area (TPSA) is 35.5 Å². The van der Waals surface area contributed by atoms with Gasteiger partial charge in [-0.1, -0.05) is 42.5 Å². The highest BCUT2D eigenvalue weighted by Crippen LogP contribution is 2.28. The Morgan fingerprint density at radius 3 is 2.35 bits per heavy atom. The van der Waals surface area contributed by atoms with Gasteiger partial charge in [0.05, 0.1) is 0 Å². The van der Waals surface area contributed by atoms with Crippen LogP contribution in [0.5, 0.6) is 0 Å². The SMILES string of the molecule is COC(C(=O)OC(C)(C)C)c1cccc2ccccc12. The van der Waals surface area contributed by atoms with Crippen LogP contribution in [0.1, 0.15) is 32.4 Å². The van der Waals surface area contributed by atoms with Gasteiger partial charge in [-0.05, 0) is 37.1 Å². The van der Waals surface area contributed by atoms with Gasteiger partial charge in [0.2, 0.25) is 0 Å². The Balaban J connectivity index is 2.42. The molecule has 2 rings (SSSR count). The van der Waals surface area contributed by atoms with Gasteiger partial charge in [0.25, 0.3) is 0 Å².